The highest BCUT2D eigenvalue weighted by molar-refractivity contribution is 6.18. The van der Waals surface area contributed by atoms with Gasteiger partial charge in [-0.2, -0.15) is 0 Å². The summed E-state index contributed by atoms with van der Waals surface area (Å²) in [6.45, 7) is 0. The summed E-state index contributed by atoms with van der Waals surface area (Å²) in [5, 5.41) is 4.91. The molecule has 0 radical (unpaired) electrons. The molecule has 0 spiro atoms. The van der Waals surface area contributed by atoms with Crippen molar-refractivity contribution < 1.29 is 0 Å². The molecule has 0 saturated heterocycles. The third-order valence-electron chi connectivity index (χ3n) is 14.4. The lowest BCUT2D eigenvalue weighted by molar-refractivity contribution is 0.769. The van der Waals surface area contributed by atoms with Gasteiger partial charge in [-0.1, -0.05) is 188 Å². The SMILES string of the molecule is c1ccc(-n2c3ccc(-c4cccc(-c5ncc6cccc7c6c5-c5ccccc5-7)c4)cc3c3cc(-c4ccc5c(c4)C(c4ccccc4)(c4ccccc4)c4ccccc4-5)ccc32)cc1. The van der Waals surface area contributed by atoms with E-state index in [9.17, 15) is 0 Å². The van der Waals surface area contributed by atoms with Gasteiger partial charge in [0.2, 0.25) is 0 Å². The van der Waals surface area contributed by atoms with Gasteiger partial charge in [-0.05, 0) is 121 Å². The maximum atomic E-state index is 5.15. The average Bonchev–Trinajstić information content (AvgIpc) is 4.02. The summed E-state index contributed by atoms with van der Waals surface area (Å²) >= 11 is 0. The van der Waals surface area contributed by atoms with Gasteiger partial charge in [0.05, 0.1) is 22.1 Å². The van der Waals surface area contributed by atoms with E-state index in [-0.39, 0.29) is 0 Å². The molecule has 0 atom stereocenters. The quantitative estimate of drug-likeness (QED) is 0.163. The van der Waals surface area contributed by atoms with E-state index in [0.717, 1.165) is 22.5 Å². The number of hydrogen-bond donors (Lipinski definition) is 0. The molecule has 2 heterocycles. The highest BCUT2D eigenvalue weighted by Gasteiger charge is 2.46. The molecule has 14 rings (SSSR count). The molecule has 0 saturated carbocycles. The van der Waals surface area contributed by atoms with Crippen LogP contribution in [0.25, 0.3) is 105 Å². The molecule has 10 aromatic carbocycles. The monoisotopic (exact) mass is 836 g/mol. The Labute approximate surface area is 383 Å². The summed E-state index contributed by atoms with van der Waals surface area (Å²) < 4.78 is 2.42. The van der Waals surface area contributed by atoms with E-state index >= 15 is 0 Å². The van der Waals surface area contributed by atoms with Crippen molar-refractivity contribution in [3.8, 4) is 72.6 Å². The van der Waals surface area contributed by atoms with Gasteiger partial charge in [0.15, 0.2) is 0 Å². The largest absolute Gasteiger partial charge is 0.309 e. The van der Waals surface area contributed by atoms with E-state index in [4.69, 9.17) is 4.98 Å². The minimum Gasteiger partial charge on any atom is -0.309 e. The molecular formula is C64H40N2. The van der Waals surface area contributed by atoms with Crippen molar-refractivity contribution in [2.24, 2.45) is 0 Å². The third-order valence-corrected chi connectivity index (χ3v) is 14.4. The maximum absolute atomic E-state index is 5.15. The fourth-order valence-electron chi connectivity index (χ4n) is 11.6. The summed E-state index contributed by atoms with van der Waals surface area (Å²) in [6.07, 6.45) is 2.04. The van der Waals surface area contributed by atoms with Crippen molar-refractivity contribution in [2.45, 2.75) is 5.41 Å². The summed E-state index contributed by atoms with van der Waals surface area (Å²) in [6, 6.07) is 87.4. The molecule has 0 amide bonds. The van der Waals surface area contributed by atoms with Crippen molar-refractivity contribution in [2.75, 3.05) is 0 Å². The van der Waals surface area contributed by atoms with Crippen LogP contribution in [0.5, 0.6) is 0 Å². The molecule has 0 aliphatic heterocycles. The molecule has 2 nitrogen and oxygen atoms in total. The van der Waals surface area contributed by atoms with Crippen molar-refractivity contribution >= 4 is 32.6 Å². The first-order valence-electron chi connectivity index (χ1n) is 22.9. The second-order valence-electron chi connectivity index (χ2n) is 17.8. The Morgan fingerprint density at radius 3 is 1.59 bits per heavy atom. The van der Waals surface area contributed by atoms with Crippen molar-refractivity contribution in [3.05, 3.63) is 265 Å². The second kappa shape index (κ2) is 14.2. The van der Waals surface area contributed by atoms with Gasteiger partial charge < -0.3 is 4.57 Å². The fraction of sp³-hybridized carbons (Fsp3) is 0.0156. The molecule has 2 heteroatoms. The number of para-hydroxylation sites is 1. The first-order chi connectivity index (χ1) is 32.7. The molecule has 0 unspecified atom stereocenters. The van der Waals surface area contributed by atoms with Crippen LogP contribution < -0.4 is 0 Å². The van der Waals surface area contributed by atoms with E-state index < -0.39 is 5.41 Å². The lowest BCUT2D eigenvalue weighted by Gasteiger charge is -2.34. The van der Waals surface area contributed by atoms with Crippen LogP contribution in [0, 0.1) is 0 Å². The zero-order valence-corrected chi connectivity index (χ0v) is 36.0. The Morgan fingerprint density at radius 2 is 0.879 bits per heavy atom. The topological polar surface area (TPSA) is 17.8 Å². The number of rotatable bonds is 6. The Balaban J connectivity index is 0.948. The predicted molar refractivity (Wildman–Crippen MR) is 274 cm³/mol. The zero-order valence-electron chi connectivity index (χ0n) is 36.0. The molecule has 12 aromatic rings. The molecule has 2 aliphatic carbocycles. The van der Waals surface area contributed by atoms with Gasteiger partial charge in [-0.3, -0.25) is 4.98 Å². The minimum atomic E-state index is -0.464. The van der Waals surface area contributed by atoms with Crippen LogP contribution in [-0.2, 0) is 5.41 Å². The number of pyridine rings is 1. The Hall–Kier alpha value is -8.59. The number of aromatic nitrogens is 2. The van der Waals surface area contributed by atoms with Crippen LogP contribution in [-0.4, -0.2) is 9.55 Å². The molecule has 0 fully saturated rings. The summed E-state index contributed by atoms with van der Waals surface area (Å²) in [4.78, 5) is 5.15. The smallest absolute Gasteiger partial charge is 0.0787 e. The Bertz CT molecular complexity index is 3880. The summed E-state index contributed by atoms with van der Waals surface area (Å²) in [7, 11) is 0. The lowest BCUT2D eigenvalue weighted by Crippen LogP contribution is -2.28. The molecule has 0 bridgehead atoms. The third kappa shape index (κ3) is 5.21. The fourth-order valence-corrected chi connectivity index (χ4v) is 11.6. The van der Waals surface area contributed by atoms with Crippen LogP contribution in [0.1, 0.15) is 22.3 Å². The van der Waals surface area contributed by atoms with E-state index in [1.54, 1.807) is 0 Å². The van der Waals surface area contributed by atoms with Crippen LogP contribution in [0.3, 0.4) is 0 Å². The van der Waals surface area contributed by atoms with Crippen LogP contribution in [0.2, 0.25) is 0 Å². The van der Waals surface area contributed by atoms with Gasteiger partial charge in [-0.25, -0.2) is 0 Å². The van der Waals surface area contributed by atoms with Crippen LogP contribution in [0.4, 0.5) is 0 Å². The molecule has 306 valence electrons. The number of nitrogens with zero attached hydrogens (tertiary/aromatic N) is 2. The first kappa shape index (κ1) is 36.8. The molecule has 66 heavy (non-hydrogen) atoms. The normalized spacial score (nSPS) is 13.0. The van der Waals surface area contributed by atoms with Gasteiger partial charge in [0, 0.05) is 44.6 Å². The van der Waals surface area contributed by atoms with Gasteiger partial charge >= 0.3 is 0 Å². The van der Waals surface area contributed by atoms with Crippen LogP contribution >= 0.6 is 0 Å². The Morgan fingerprint density at radius 1 is 0.348 bits per heavy atom. The highest BCUT2D eigenvalue weighted by atomic mass is 15.0. The lowest BCUT2D eigenvalue weighted by atomic mass is 9.67. The molecule has 0 N–H and O–H groups in total. The molecular weight excluding hydrogens is 797 g/mol. The minimum absolute atomic E-state index is 0.464. The summed E-state index contributed by atoms with van der Waals surface area (Å²) in [5.41, 5.74) is 22.7. The second-order valence-corrected chi connectivity index (χ2v) is 17.8. The van der Waals surface area contributed by atoms with Crippen molar-refractivity contribution in [1.29, 1.82) is 0 Å². The van der Waals surface area contributed by atoms with E-state index in [1.807, 2.05) is 6.20 Å². The number of fused-ring (bicyclic) bond motifs is 9. The maximum Gasteiger partial charge on any atom is 0.0787 e. The van der Waals surface area contributed by atoms with Gasteiger partial charge in [0.1, 0.15) is 0 Å². The van der Waals surface area contributed by atoms with Crippen LogP contribution in [0.15, 0.2) is 243 Å². The van der Waals surface area contributed by atoms with E-state index in [2.05, 4.69) is 241 Å². The zero-order chi connectivity index (χ0) is 43.3. The number of benzene rings is 10. The summed E-state index contributed by atoms with van der Waals surface area (Å²) in [5.74, 6) is 0. The first-order valence-corrected chi connectivity index (χ1v) is 22.9. The standard InChI is InChI=1S/C64H40N2/c1-4-19-47(20-5-1)64(48-21-6-2-7-22-48)57-29-13-12-26-51(57)52-33-30-44(39-58(52)64)43-32-35-60-56(38-43)55-37-42(31-34-59(55)66(60)49-23-8-3-9-24-49)41-16-14-17-45(36-41)63-62-54-27-11-10-25-50(54)53-28-15-18-46(40-65-63)61(53)62/h1-40H. The van der Waals surface area contributed by atoms with Crippen molar-refractivity contribution in [1.82, 2.24) is 9.55 Å². The van der Waals surface area contributed by atoms with Gasteiger partial charge in [-0.15, -0.1) is 0 Å². The van der Waals surface area contributed by atoms with E-state index in [1.165, 1.54) is 105 Å². The van der Waals surface area contributed by atoms with Gasteiger partial charge in [0.25, 0.3) is 0 Å². The molecule has 2 aromatic heterocycles. The highest BCUT2D eigenvalue weighted by Crippen LogP contribution is 2.57. The molecule has 2 aliphatic rings. The van der Waals surface area contributed by atoms with Crippen molar-refractivity contribution in [3.63, 3.8) is 0 Å². The average molecular weight is 837 g/mol. The number of hydrogen-bond acceptors (Lipinski definition) is 1. The van der Waals surface area contributed by atoms with E-state index in [0.29, 0.717) is 0 Å². The Kier molecular flexibility index (Phi) is 7.93. The predicted octanol–water partition coefficient (Wildman–Crippen LogP) is 16.3.